The fourth-order valence-electron chi connectivity index (χ4n) is 1.98. The molecule has 0 fully saturated rings. The highest BCUT2D eigenvalue weighted by molar-refractivity contribution is 6.31. The van der Waals surface area contributed by atoms with Crippen molar-refractivity contribution in [3.8, 4) is 5.75 Å². The summed E-state index contributed by atoms with van der Waals surface area (Å²) in [5.74, 6) is 1.50. The standard InChI is InChI=1S/C15H16ClF3N2O2/c1-10-20-21-14(23-10)6-3-11-9-12(4-5-13(11)16)22-8-2-7-15(17,18)19/h4-5,9H,2-3,6-8H2,1H3. The molecule has 1 aromatic carbocycles. The molecule has 1 aromatic heterocycles. The Morgan fingerprint density at radius 2 is 2.00 bits per heavy atom. The molecule has 1 heterocycles. The van der Waals surface area contributed by atoms with Crippen LogP contribution in [-0.2, 0) is 12.8 Å². The van der Waals surface area contributed by atoms with Gasteiger partial charge in [-0.3, -0.25) is 0 Å². The van der Waals surface area contributed by atoms with Crippen LogP contribution in [0.5, 0.6) is 5.75 Å². The Morgan fingerprint density at radius 3 is 2.65 bits per heavy atom. The van der Waals surface area contributed by atoms with E-state index in [-0.39, 0.29) is 13.0 Å². The van der Waals surface area contributed by atoms with Gasteiger partial charge < -0.3 is 9.15 Å². The first kappa shape index (κ1) is 17.6. The van der Waals surface area contributed by atoms with E-state index in [4.69, 9.17) is 20.8 Å². The maximum atomic E-state index is 12.1. The second kappa shape index (κ2) is 7.68. The Morgan fingerprint density at radius 1 is 1.22 bits per heavy atom. The highest BCUT2D eigenvalue weighted by Crippen LogP contribution is 2.25. The van der Waals surface area contributed by atoms with Crippen molar-refractivity contribution >= 4 is 11.6 Å². The number of ether oxygens (including phenoxy) is 1. The summed E-state index contributed by atoms with van der Waals surface area (Å²) < 4.78 is 46.8. The van der Waals surface area contributed by atoms with Crippen molar-refractivity contribution in [2.45, 2.75) is 38.8 Å². The number of aryl methyl sites for hydroxylation is 3. The summed E-state index contributed by atoms with van der Waals surface area (Å²) >= 11 is 6.12. The van der Waals surface area contributed by atoms with E-state index in [1.807, 2.05) is 0 Å². The molecule has 4 nitrogen and oxygen atoms in total. The van der Waals surface area contributed by atoms with Crippen molar-refractivity contribution in [1.29, 1.82) is 0 Å². The Balaban J connectivity index is 1.88. The number of nitrogens with zero attached hydrogens (tertiary/aromatic N) is 2. The van der Waals surface area contributed by atoms with Gasteiger partial charge in [0.15, 0.2) is 0 Å². The first-order valence-electron chi connectivity index (χ1n) is 7.10. The highest BCUT2D eigenvalue weighted by Gasteiger charge is 2.26. The molecule has 0 atom stereocenters. The summed E-state index contributed by atoms with van der Waals surface area (Å²) in [4.78, 5) is 0. The SMILES string of the molecule is Cc1nnc(CCc2cc(OCCCC(F)(F)F)ccc2Cl)o1. The van der Waals surface area contributed by atoms with E-state index >= 15 is 0 Å². The molecule has 2 aromatic rings. The maximum Gasteiger partial charge on any atom is 0.389 e. The van der Waals surface area contributed by atoms with Gasteiger partial charge in [0.25, 0.3) is 0 Å². The second-order valence-corrected chi connectivity index (χ2v) is 5.44. The monoisotopic (exact) mass is 348 g/mol. The fourth-order valence-corrected chi connectivity index (χ4v) is 2.19. The zero-order chi connectivity index (χ0) is 16.9. The lowest BCUT2D eigenvalue weighted by atomic mass is 10.1. The van der Waals surface area contributed by atoms with Crippen molar-refractivity contribution < 1.29 is 22.3 Å². The molecule has 0 spiro atoms. The van der Waals surface area contributed by atoms with Gasteiger partial charge in [0, 0.05) is 24.8 Å². The first-order valence-corrected chi connectivity index (χ1v) is 7.48. The molecular weight excluding hydrogens is 333 g/mol. The quantitative estimate of drug-likeness (QED) is 0.689. The smallest absolute Gasteiger partial charge is 0.389 e. The minimum atomic E-state index is -4.16. The third-order valence-corrected chi connectivity index (χ3v) is 3.44. The number of alkyl halides is 3. The van der Waals surface area contributed by atoms with Crippen LogP contribution in [0.4, 0.5) is 13.2 Å². The van der Waals surface area contributed by atoms with E-state index in [0.29, 0.717) is 35.4 Å². The zero-order valence-electron chi connectivity index (χ0n) is 12.5. The summed E-state index contributed by atoms with van der Waals surface area (Å²) in [7, 11) is 0. The topological polar surface area (TPSA) is 48.2 Å². The van der Waals surface area contributed by atoms with Gasteiger partial charge in [0.1, 0.15) is 5.75 Å². The third kappa shape index (κ3) is 6.09. The molecule has 0 saturated carbocycles. The van der Waals surface area contributed by atoms with E-state index in [9.17, 15) is 13.2 Å². The number of rotatable bonds is 7. The first-order chi connectivity index (χ1) is 10.8. The number of aromatic nitrogens is 2. The van der Waals surface area contributed by atoms with E-state index in [0.717, 1.165) is 5.56 Å². The van der Waals surface area contributed by atoms with Crippen molar-refractivity contribution in [3.05, 3.63) is 40.6 Å². The molecule has 0 radical (unpaired) electrons. The van der Waals surface area contributed by atoms with Crippen molar-refractivity contribution in [2.75, 3.05) is 6.61 Å². The Kier molecular flexibility index (Phi) is 5.87. The van der Waals surface area contributed by atoms with Crippen molar-refractivity contribution in [2.24, 2.45) is 0 Å². The summed E-state index contributed by atoms with van der Waals surface area (Å²) in [5, 5.41) is 8.20. The summed E-state index contributed by atoms with van der Waals surface area (Å²) in [6.07, 6.45) is -4.00. The van der Waals surface area contributed by atoms with Gasteiger partial charge in [-0.15, -0.1) is 10.2 Å². The Hall–Kier alpha value is -1.76. The molecule has 0 unspecified atom stereocenters. The van der Waals surface area contributed by atoms with Gasteiger partial charge in [-0.1, -0.05) is 11.6 Å². The minimum Gasteiger partial charge on any atom is -0.494 e. The van der Waals surface area contributed by atoms with Gasteiger partial charge in [-0.25, -0.2) is 0 Å². The van der Waals surface area contributed by atoms with Gasteiger partial charge in [-0.2, -0.15) is 13.2 Å². The normalized spacial score (nSPS) is 11.7. The van der Waals surface area contributed by atoms with E-state index in [1.165, 1.54) is 0 Å². The van der Waals surface area contributed by atoms with E-state index in [2.05, 4.69) is 10.2 Å². The highest BCUT2D eigenvalue weighted by atomic mass is 35.5. The predicted molar refractivity (Wildman–Crippen MR) is 78.7 cm³/mol. The van der Waals surface area contributed by atoms with Crippen LogP contribution < -0.4 is 4.74 Å². The Bertz CT molecular complexity index is 644. The average molecular weight is 349 g/mol. The molecule has 0 aliphatic rings. The van der Waals surface area contributed by atoms with Crippen LogP contribution in [0.25, 0.3) is 0 Å². The zero-order valence-corrected chi connectivity index (χ0v) is 13.2. The fraction of sp³-hybridized carbons (Fsp3) is 0.467. The van der Waals surface area contributed by atoms with Crippen LogP contribution >= 0.6 is 11.6 Å². The molecular formula is C15H16ClF3N2O2. The predicted octanol–water partition coefficient (Wildman–Crippen LogP) is 4.54. The number of hydrogen-bond acceptors (Lipinski definition) is 4. The van der Waals surface area contributed by atoms with Gasteiger partial charge >= 0.3 is 6.18 Å². The number of hydrogen-bond donors (Lipinski definition) is 0. The van der Waals surface area contributed by atoms with Gasteiger partial charge in [-0.05, 0) is 36.6 Å². The lowest BCUT2D eigenvalue weighted by Crippen LogP contribution is -2.09. The van der Waals surface area contributed by atoms with Crippen LogP contribution in [0.15, 0.2) is 22.6 Å². The summed E-state index contributed by atoms with van der Waals surface area (Å²) in [6.45, 7) is 1.71. The van der Waals surface area contributed by atoms with Crippen molar-refractivity contribution in [1.82, 2.24) is 10.2 Å². The largest absolute Gasteiger partial charge is 0.494 e. The van der Waals surface area contributed by atoms with Crippen LogP contribution in [0, 0.1) is 6.92 Å². The summed E-state index contributed by atoms with van der Waals surface area (Å²) in [6, 6.07) is 5.02. The second-order valence-electron chi connectivity index (χ2n) is 5.04. The third-order valence-electron chi connectivity index (χ3n) is 3.07. The lowest BCUT2D eigenvalue weighted by Gasteiger charge is -2.10. The molecule has 0 aliphatic heterocycles. The lowest BCUT2D eigenvalue weighted by molar-refractivity contribution is -0.136. The minimum absolute atomic E-state index is 0.00341. The molecule has 0 amide bonds. The molecule has 23 heavy (non-hydrogen) atoms. The molecule has 0 N–H and O–H groups in total. The molecule has 2 rings (SSSR count). The van der Waals surface area contributed by atoms with E-state index < -0.39 is 12.6 Å². The molecule has 8 heteroatoms. The number of benzene rings is 1. The van der Waals surface area contributed by atoms with Crippen molar-refractivity contribution in [3.63, 3.8) is 0 Å². The van der Waals surface area contributed by atoms with Crippen LogP contribution in [-0.4, -0.2) is 23.0 Å². The van der Waals surface area contributed by atoms with Gasteiger partial charge in [0.05, 0.1) is 6.61 Å². The average Bonchev–Trinajstić information content (AvgIpc) is 2.88. The number of halogens is 4. The van der Waals surface area contributed by atoms with E-state index in [1.54, 1.807) is 25.1 Å². The Labute approximate surface area is 136 Å². The summed E-state index contributed by atoms with van der Waals surface area (Å²) in [5.41, 5.74) is 0.816. The molecule has 0 aliphatic carbocycles. The van der Waals surface area contributed by atoms with Crippen LogP contribution in [0.3, 0.4) is 0 Å². The van der Waals surface area contributed by atoms with Crippen LogP contribution in [0.1, 0.15) is 30.2 Å². The molecule has 126 valence electrons. The van der Waals surface area contributed by atoms with Gasteiger partial charge in [0.2, 0.25) is 11.8 Å². The molecule has 0 bridgehead atoms. The molecule has 0 saturated heterocycles. The maximum absolute atomic E-state index is 12.1. The van der Waals surface area contributed by atoms with Crippen LogP contribution in [0.2, 0.25) is 5.02 Å².